The van der Waals surface area contributed by atoms with Gasteiger partial charge >= 0.3 is 0 Å². The lowest BCUT2D eigenvalue weighted by molar-refractivity contribution is 0.0673. The third kappa shape index (κ3) is 4.57. The van der Waals surface area contributed by atoms with Crippen LogP contribution >= 0.6 is 23.2 Å². The first-order chi connectivity index (χ1) is 18.2. The van der Waals surface area contributed by atoms with E-state index in [2.05, 4.69) is 5.32 Å². The van der Waals surface area contributed by atoms with Crippen LogP contribution in [0.4, 0.5) is 10.1 Å². The molecule has 0 fully saturated rings. The number of hydrogen-bond donors (Lipinski definition) is 1. The number of pyridine rings is 1. The number of carbonyl (C=O) groups excluding carboxylic acids is 1. The van der Waals surface area contributed by atoms with Gasteiger partial charge in [0.1, 0.15) is 11.5 Å². The molecule has 7 nitrogen and oxygen atoms in total. The molecular weight excluding hydrogens is 528 g/mol. The van der Waals surface area contributed by atoms with Crippen molar-refractivity contribution in [2.75, 3.05) is 46.2 Å². The minimum Gasteiger partial charge on any atom is -0.482 e. The lowest BCUT2D eigenvalue weighted by Crippen LogP contribution is -2.40. The third-order valence-electron chi connectivity index (χ3n) is 6.85. The van der Waals surface area contributed by atoms with Gasteiger partial charge in [0.15, 0.2) is 11.6 Å². The number of nitrogens with zero attached hydrogens (tertiary/aromatic N) is 4. The van der Waals surface area contributed by atoms with E-state index in [9.17, 15) is 9.18 Å². The zero-order valence-electron chi connectivity index (χ0n) is 21.6. The molecule has 10 heteroatoms. The van der Waals surface area contributed by atoms with Gasteiger partial charge in [-0.25, -0.2) is 9.37 Å². The number of nitrogens with one attached hydrogen (secondary N) is 1. The molecule has 2 aromatic carbocycles. The van der Waals surface area contributed by atoms with E-state index in [4.69, 9.17) is 32.9 Å². The highest BCUT2D eigenvalue weighted by molar-refractivity contribution is 6.43. The summed E-state index contributed by atoms with van der Waals surface area (Å²) in [6, 6.07) is 13.6. The summed E-state index contributed by atoms with van der Waals surface area (Å²) < 4.78 is 22.1. The van der Waals surface area contributed by atoms with E-state index in [1.54, 1.807) is 53.7 Å². The highest BCUT2D eigenvalue weighted by Crippen LogP contribution is 2.43. The lowest BCUT2D eigenvalue weighted by atomic mass is 10.0. The summed E-state index contributed by atoms with van der Waals surface area (Å²) in [5.41, 5.74) is 3.86. The molecule has 0 aliphatic carbocycles. The van der Waals surface area contributed by atoms with E-state index in [0.717, 1.165) is 11.3 Å². The minimum absolute atomic E-state index is 0.213. The molecule has 0 spiro atoms. The summed E-state index contributed by atoms with van der Waals surface area (Å²) in [5.74, 6) is -0.158. The van der Waals surface area contributed by atoms with Crippen LogP contribution in [-0.2, 0) is 0 Å². The molecule has 1 unspecified atom stereocenters. The van der Waals surface area contributed by atoms with Crippen molar-refractivity contribution in [3.8, 4) is 17.1 Å². The number of hydrogen-bond acceptors (Lipinski definition) is 5. The summed E-state index contributed by atoms with van der Waals surface area (Å²) in [7, 11) is 5.46. The number of imidazole rings is 1. The second kappa shape index (κ2) is 10.4. The standard InChI is InChI=1S/C28H28Cl2FN5O2/c1-16-8-9-17(14-20(16)31)27-26(33-22-6-5-7-23(38-4)36(22)27)28(37)35(13-12-34(2)3)21-15-32-25-18(21)10-11-19(29)24(25)30/h5-11,14,21,32H,12-13,15H2,1-4H3. The summed E-state index contributed by atoms with van der Waals surface area (Å²) in [5, 5.41) is 4.20. The Morgan fingerprint density at radius 1 is 1.18 bits per heavy atom. The molecule has 1 atom stereocenters. The van der Waals surface area contributed by atoms with Gasteiger partial charge in [-0.2, -0.15) is 0 Å². The van der Waals surface area contributed by atoms with Crippen LogP contribution in [0.25, 0.3) is 16.9 Å². The molecule has 0 saturated carbocycles. The maximum Gasteiger partial charge on any atom is 0.275 e. The molecule has 1 aliphatic rings. The Bertz CT molecular complexity index is 1540. The van der Waals surface area contributed by atoms with Gasteiger partial charge in [0.25, 0.3) is 5.91 Å². The first-order valence-electron chi connectivity index (χ1n) is 12.2. The molecular formula is C28H28Cl2FN5O2. The molecule has 3 heterocycles. The number of fused-ring (bicyclic) bond motifs is 2. The SMILES string of the molecule is COc1cccc2nc(C(=O)N(CCN(C)C)C3CNc4c3ccc(Cl)c4Cl)c(-c3ccc(C)c(F)c3)n12. The predicted molar refractivity (Wildman–Crippen MR) is 149 cm³/mol. The second-order valence-corrected chi connectivity index (χ2v) is 10.3. The number of likely N-dealkylation sites (N-methyl/N-ethyl adjacent to an activating group) is 1. The Morgan fingerprint density at radius 2 is 1.97 bits per heavy atom. The normalized spacial score (nSPS) is 14.6. The molecule has 1 aliphatic heterocycles. The van der Waals surface area contributed by atoms with E-state index in [1.807, 2.05) is 31.1 Å². The van der Waals surface area contributed by atoms with Crippen LogP contribution in [0, 0.1) is 12.7 Å². The average molecular weight is 556 g/mol. The van der Waals surface area contributed by atoms with Gasteiger partial charge in [-0.1, -0.05) is 47.5 Å². The fraction of sp³-hybridized carbons (Fsp3) is 0.286. The van der Waals surface area contributed by atoms with E-state index in [1.165, 1.54) is 6.07 Å². The number of carbonyl (C=O) groups is 1. The van der Waals surface area contributed by atoms with Crippen molar-refractivity contribution in [3.63, 3.8) is 0 Å². The lowest BCUT2D eigenvalue weighted by Gasteiger charge is -2.30. The molecule has 0 bridgehead atoms. The van der Waals surface area contributed by atoms with Crippen LogP contribution < -0.4 is 10.1 Å². The van der Waals surface area contributed by atoms with Gasteiger partial charge in [-0.3, -0.25) is 9.20 Å². The first-order valence-corrected chi connectivity index (χ1v) is 13.0. The van der Waals surface area contributed by atoms with Gasteiger partial charge in [-0.05, 0) is 50.8 Å². The predicted octanol–water partition coefficient (Wildman–Crippen LogP) is 5.93. The highest BCUT2D eigenvalue weighted by Gasteiger charge is 2.36. The summed E-state index contributed by atoms with van der Waals surface area (Å²) in [6.45, 7) is 3.24. The number of rotatable bonds is 7. The molecule has 1 amide bonds. The fourth-order valence-corrected chi connectivity index (χ4v) is 5.23. The van der Waals surface area contributed by atoms with Crippen LogP contribution in [0.3, 0.4) is 0 Å². The van der Waals surface area contributed by atoms with E-state index < -0.39 is 0 Å². The van der Waals surface area contributed by atoms with Crippen molar-refractivity contribution in [1.82, 2.24) is 19.2 Å². The summed E-state index contributed by atoms with van der Waals surface area (Å²) >= 11 is 12.7. The van der Waals surface area contributed by atoms with E-state index >= 15 is 0 Å². The van der Waals surface area contributed by atoms with Crippen LogP contribution in [0.5, 0.6) is 5.88 Å². The van der Waals surface area contributed by atoms with Crippen molar-refractivity contribution in [2.45, 2.75) is 13.0 Å². The summed E-state index contributed by atoms with van der Waals surface area (Å²) in [6.07, 6.45) is 0. The van der Waals surface area contributed by atoms with Gasteiger partial charge in [0.05, 0.1) is 34.6 Å². The molecule has 5 rings (SSSR count). The molecule has 198 valence electrons. The maximum atomic E-state index is 14.7. The fourth-order valence-electron chi connectivity index (χ4n) is 4.83. The smallest absolute Gasteiger partial charge is 0.275 e. The summed E-state index contributed by atoms with van der Waals surface area (Å²) in [4.78, 5) is 23.0. The van der Waals surface area contributed by atoms with E-state index in [-0.39, 0.29) is 23.5 Å². The van der Waals surface area contributed by atoms with Crippen molar-refractivity contribution in [1.29, 1.82) is 0 Å². The highest BCUT2D eigenvalue weighted by atomic mass is 35.5. The van der Waals surface area contributed by atoms with Crippen LogP contribution in [0.15, 0.2) is 48.5 Å². The first kappa shape index (κ1) is 26.3. The molecule has 38 heavy (non-hydrogen) atoms. The number of ether oxygens (including phenoxy) is 1. The minimum atomic E-state index is -0.365. The topological polar surface area (TPSA) is 62.1 Å². The Hall–Kier alpha value is -3.33. The van der Waals surface area contributed by atoms with Crippen LogP contribution in [0.2, 0.25) is 10.0 Å². The van der Waals surface area contributed by atoms with Gasteiger partial charge in [0, 0.05) is 30.8 Å². The largest absolute Gasteiger partial charge is 0.482 e. The Kier molecular flexibility index (Phi) is 7.22. The number of benzene rings is 2. The van der Waals surface area contributed by atoms with Gasteiger partial charge in [-0.15, -0.1) is 0 Å². The Morgan fingerprint density at radius 3 is 2.68 bits per heavy atom. The molecule has 0 radical (unpaired) electrons. The molecule has 1 N–H and O–H groups in total. The molecule has 2 aromatic heterocycles. The number of methoxy groups -OCH3 is 1. The Balaban J connectivity index is 1.69. The number of amides is 1. The second-order valence-electron chi connectivity index (χ2n) is 9.56. The quantitative estimate of drug-likeness (QED) is 0.306. The third-order valence-corrected chi connectivity index (χ3v) is 7.65. The van der Waals surface area contributed by atoms with Gasteiger partial charge in [0.2, 0.25) is 0 Å². The van der Waals surface area contributed by atoms with Crippen LogP contribution in [0.1, 0.15) is 27.7 Å². The van der Waals surface area contributed by atoms with Crippen LogP contribution in [-0.4, -0.2) is 65.9 Å². The van der Waals surface area contributed by atoms with Crippen molar-refractivity contribution >= 4 is 40.4 Å². The monoisotopic (exact) mass is 555 g/mol. The van der Waals surface area contributed by atoms with Crippen molar-refractivity contribution in [3.05, 3.63) is 81.2 Å². The Labute approximate surface area is 230 Å². The molecule has 4 aromatic rings. The molecule has 0 saturated heterocycles. The van der Waals surface area contributed by atoms with E-state index in [0.29, 0.717) is 58.0 Å². The number of halogens is 3. The number of aryl methyl sites for hydroxylation is 1. The number of anilines is 1. The van der Waals surface area contributed by atoms with Gasteiger partial charge < -0.3 is 19.9 Å². The maximum absolute atomic E-state index is 14.7. The van der Waals surface area contributed by atoms with Crippen molar-refractivity contribution < 1.29 is 13.9 Å². The zero-order chi connectivity index (χ0) is 27.1. The average Bonchev–Trinajstić information content (AvgIpc) is 3.50. The van der Waals surface area contributed by atoms with Crippen molar-refractivity contribution in [2.24, 2.45) is 0 Å². The number of aromatic nitrogens is 2. The zero-order valence-corrected chi connectivity index (χ0v) is 23.1.